The predicted molar refractivity (Wildman–Crippen MR) is 89.0 cm³/mol. The Bertz CT molecular complexity index is 953. The molecule has 1 saturated carbocycles. The van der Waals surface area contributed by atoms with E-state index in [-0.39, 0.29) is 17.1 Å². The molecule has 2 aromatic heterocycles. The van der Waals surface area contributed by atoms with Crippen molar-refractivity contribution in [3.63, 3.8) is 0 Å². The summed E-state index contributed by atoms with van der Waals surface area (Å²) in [6.07, 6.45) is 6.09. The Hall–Kier alpha value is -2.89. The zero-order valence-electron chi connectivity index (χ0n) is 13.1. The highest BCUT2D eigenvalue weighted by molar-refractivity contribution is 5.93. The molecular weight excluding hydrogens is 306 g/mol. The second kappa shape index (κ2) is 5.96. The average Bonchev–Trinajstić information content (AvgIpc) is 3.33. The van der Waals surface area contributed by atoms with Gasteiger partial charge in [-0.05, 0) is 25.0 Å². The molecule has 1 aromatic carbocycles. The van der Waals surface area contributed by atoms with E-state index in [1.54, 1.807) is 30.5 Å². The molecular formula is C18H17N3O3. The van der Waals surface area contributed by atoms with Crippen molar-refractivity contribution in [2.24, 2.45) is 0 Å². The van der Waals surface area contributed by atoms with Gasteiger partial charge in [0.1, 0.15) is 11.4 Å². The van der Waals surface area contributed by atoms with Gasteiger partial charge in [0.05, 0.1) is 5.39 Å². The fourth-order valence-electron chi connectivity index (χ4n) is 2.80. The molecule has 1 aliphatic carbocycles. The maximum Gasteiger partial charge on any atom is 0.287 e. The fourth-order valence-corrected chi connectivity index (χ4v) is 2.80. The molecule has 24 heavy (non-hydrogen) atoms. The van der Waals surface area contributed by atoms with Gasteiger partial charge in [0.2, 0.25) is 0 Å². The fraction of sp³-hybridized carbons (Fsp3) is 0.278. The van der Waals surface area contributed by atoms with Crippen LogP contribution in [0.2, 0.25) is 0 Å². The lowest BCUT2D eigenvalue weighted by atomic mass is 10.2. The predicted octanol–water partition coefficient (Wildman–Crippen LogP) is 2.30. The summed E-state index contributed by atoms with van der Waals surface area (Å²) in [4.78, 5) is 28.6. The van der Waals surface area contributed by atoms with Gasteiger partial charge < -0.3 is 14.3 Å². The van der Waals surface area contributed by atoms with E-state index in [0.29, 0.717) is 30.0 Å². The van der Waals surface area contributed by atoms with E-state index in [0.717, 1.165) is 5.82 Å². The zero-order chi connectivity index (χ0) is 16.5. The number of hydrogen-bond acceptors (Lipinski definition) is 4. The van der Waals surface area contributed by atoms with Gasteiger partial charge >= 0.3 is 0 Å². The molecule has 1 aliphatic rings. The number of para-hydroxylation sites is 1. The van der Waals surface area contributed by atoms with Gasteiger partial charge in [-0.25, -0.2) is 4.98 Å². The smallest absolute Gasteiger partial charge is 0.287 e. The number of carbonyl (C=O) groups excluding carboxylic acids is 1. The Labute approximate surface area is 138 Å². The molecule has 0 aliphatic heterocycles. The lowest BCUT2D eigenvalue weighted by Crippen LogP contribution is -2.28. The van der Waals surface area contributed by atoms with Gasteiger partial charge in [0.15, 0.2) is 11.2 Å². The maximum absolute atomic E-state index is 12.2. The van der Waals surface area contributed by atoms with Crippen LogP contribution < -0.4 is 10.7 Å². The number of aromatic nitrogens is 2. The molecule has 4 rings (SSSR count). The van der Waals surface area contributed by atoms with Crippen LogP contribution in [0.4, 0.5) is 0 Å². The first-order valence-corrected chi connectivity index (χ1v) is 8.04. The van der Waals surface area contributed by atoms with E-state index in [9.17, 15) is 9.59 Å². The van der Waals surface area contributed by atoms with E-state index in [1.165, 1.54) is 18.9 Å². The van der Waals surface area contributed by atoms with Gasteiger partial charge in [-0.15, -0.1) is 0 Å². The highest BCUT2D eigenvalue weighted by Crippen LogP contribution is 2.38. The number of benzene rings is 1. The molecule has 1 fully saturated rings. The van der Waals surface area contributed by atoms with E-state index in [2.05, 4.69) is 14.9 Å². The van der Waals surface area contributed by atoms with Crippen molar-refractivity contribution in [3.8, 4) is 0 Å². The monoisotopic (exact) mass is 323 g/mol. The first-order valence-electron chi connectivity index (χ1n) is 8.04. The highest BCUT2D eigenvalue weighted by Gasteiger charge is 2.27. The number of carbonyl (C=O) groups is 1. The Morgan fingerprint density at radius 1 is 1.33 bits per heavy atom. The third-order valence-corrected chi connectivity index (χ3v) is 4.19. The Morgan fingerprint density at radius 3 is 3.00 bits per heavy atom. The molecule has 0 spiro atoms. The quantitative estimate of drug-likeness (QED) is 0.781. The number of nitrogens with one attached hydrogen (secondary N) is 1. The Kier molecular flexibility index (Phi) is 3.65. The van der Waals surface area contributed by atoms with Crippen LogP contribution in [-0.4, -0.2) is 22.0 Å². The van der Waals surface area contributed by atoms with E-state index < -0.39 is 0 Å². The van der Waals surface area contributed by atoms with E-state index in [4.69, 9.17) is 4.42 Å². The minimum atomic E-state index is -0.383. The molecule has 2 heterocycles. The number of imidazole rings is 1. The first-order chi connectivity index (χ1) is 11.7. The van der Waals surface area contributed by atoms with Gasteiger partial charge in [-0.2, -0.15) is 0 Å². The van der Waals surface area contributed by atoms with E-state index >= 15 is 0 Å². The number of hydrogen-bond donors (Lipinski definition) is 1. The number of fused-ring (bicyclic) bond motifs is 1. The summed E-state index contributed by atoms with van der Waals surface area (Å²) in [6.45, 7) is 1.10. The normalized spacial score (nSPS) is 14.0. The summed E-state index contributed by atoms with van der Waals surface area (Å²) >= 11 is 0. The summed E-state index contributed by atoms with van der Waals surface area (Å²) in [5.41, 5.74) is 0.202. The molecule has 6 nitrogen and oxygen atoms in total. The van der Waals surface area contributed by atoms with Crippen LogP contribution in [0.15, 0.2) is 51.9 Å². The van der Waals surface area contributed by atoms with E-state index in [1.807, 2.05) is 6.20 Å². The minimum absolute atomic E-state index is 0.0340. The van der Waals surface area contributed by atoms with Gasteiger partial charge in [0, 0.05) is 37.5 Å². The van der Waals surface area contributed by atoms with Crippen molar-refractivity contribution in [2.75, 3.05) is 6.54 Å². The Balaban J connectivity index is 1.44. The SMILES string of the molecule is O=C(NCCn1ccnc1C1CC1)c1cc(=O)c2ccccc2o1. The third-order valence-electron chi connectivity index (χ3n) is 4.19. The largest absolute Gasteiger partial charge is 0.451 e. The third kappa shape index (κ3) is 2.82. The molecule has 0 bridgehead atoms. The van der Waals surface area contributed by atoms with Crippen LogP contribution in [0.5, 0.6) is 0 Å². The maximum atomic E-state index is 12.2. The summed E-state index contributed by atoms with van der Waals surface area (Å²) in [6, 6.07) is 8.14. The average molecular weight is 323 g/mol. The van der Waals surface area contributed by atoms with Crippen LogP contribution in [0.25, 0.3) is 11.0 Å². The molecule has 122 valence electrons. The molecule has 0 unspecified atom stereocenters. The summed E-state index contributed by atoms with van der Waals surface area (Å²) in [5, 5.41) is 3.27. The van der Waals surface area contributed by atoms with Crippen LogP contribution in [0, 0.1) is 0 Å². The standard InChI is InChI=1S/C18H17N3O3/c22-14-11-16(24-15-4-2-1-3-13(14)15)18(23)20-8-10-21-9-7-19-17(21)12-5-6-12/h1-4,7,9,11-12H,5-6,8,10H2,(H,20,23). The van der Waals surface area contributed by atoms with Crippen molar-refractivity contribution in [1.82, 2.24) is 14.9 Å². The van der Waals surface area contributed by atoms with Crippen molar-refractivity contribution in [2.45, 2.75) is 25.3 Å². The molecule has 1 amide bonds. The number of nitrogens with zero attached hydrogens (tertiary/aromatic N) is 2. The second-order valence-electron chi connectivity index (χ2n) is 5.98. The second-order valence-corrected chi connectivity index (χ2v) is 5.98. The topological polar surface area (TPSA) is 77.1 Å². The minimum Gasteiger partial charge on any atom is -0.451 e. The van der Waals surface area contributed by atoms with Crippen LogP contribution in [0.1, 0.15) is 35.1 Å². The molecule has 6 heteroatoms. The summed E-state index contributed by atoms with van der Waals surface area (Å²) in [5.74, 6) is 1.30. The molecule has 1 N–H and O–H groups in total. The lowest BCUT2D eigenvalue weighted by Gasteiger charge is -2.08. The number of rotatable bonds is 5. The van der Waals surface area contributed by atoms with Crippen LogP contribution in [0.3, 0.4) is 0 Å². The lowest BCUT2D eigenvalue weighted by molar-refractivity contribution is 0.0925. The summed E-state index contributed by atoms with van der Waals surface area (Å²) < 4.78 is 7.60. The van der Waals surface area contributed by atoms with Gasteiger partial charge in [-0.1, -0.05) is 12.1 Å². The van der Waals surface area contributed by atoms with Crippen molar-refractivity contribution < 1.29 is 9.21 Å². The van der Waals surface area contributed by atoms with Crippen molar-refractivity contribution >= 4 is 16.9 Å². The molecule has 0 atom stereocenters. The van der Waals surface area contributed by atoms with Crippen molar-refractivity contribution in [3.05, 3.63) is 64.5 Å². The Morgan fingerprint density at radius 2 is 2.17 bits per heavy atom. The number of amides is 1. The van der Waals surface area contributed by atoms with Gasteiger partial charge in [-0.3, -0.25) is 9.59 Å². The van der Waals surface area contributed by atoms with Crippen molar-refractivity contribution in [1.29, 1.82) is 0 Å². The molecule has 3 aromatic rings. The molecule has 0 saturated heterocycles. The van der Waals surface area contributed by atoms with Crippen LogP contribution in [-0.2, 0) is 6.54 Å². The summed E-state index contributed by atoms with van der Waals surface area (Å²) in [7, 11) is 0. The zero-order valence-corrected chi connectivity index (χ0v) is 13.1. The molecule has 0 radical (unpaired) electrons. The first kappa shape index (κ1) is 14.7. The van der Waals surface area contributed by atoms with Gasteiger partial charge in [0.25, 0.3) is 5.91 Å². The van der Waals surface area contributed by atoms with Crippen LogP contribution >= 0.6 is 0 Å². The highest BCUT2D eigenvalue weighted by atomic mass is 16.3.